The number of H-pyrrole nitrogens is 2. The van der Waals surface area contributed by atoms with Crippen LogP contribution >= 0.6 is 0 Å². The summed E-state index contributed by atoms with van der Waals surface area (Å²) in [5.74, 6) is 0.0731. The second kappa shape index (κ2) is 10.2. The van der Waals surface area contributed by atoms with Gasteiger partial charge in [-0.3, -0.25) is 4.98 Å². The van der Waals surface area contributed by atoms with E-state index < -0.39 is 15.7 Å². The minimum Gasteiger partial charge on any atom is -0.493 e. The molecule has 40 heavy (non-hydrogen) atoms. The van der Waals surface area contributed by atoms with Crippen molar-refractivity contribution in [3.8, 4) is 11.9 Å². The summed E-state index contributed by atoms with van der Waals surface area (Å²) in [5, 5.41) is 27.6. The van der Waals surface area contributed by atoms with Crippen molar-refractivity contribution >= 4 is 27.7 Å². The zero-order chi connectivity index (χ0) is 27.9. The summed E-state index contributed by atoms with van der Waals surface area (Å²) in [6.45, 7) is 0. The number of nitrogens with one attached hydrogen (secondary N) is 4. The molecule has 0 spiro atoms. The maximum Gasteiger partial charge on any atom is 0.326 e. The van der Waals surface area contributed by atoms with Crippen LogP contribution in [0.15, 0.2) is 45.1 Å². The smallest absolute Gasteiger partial charge is 0.326 e. The highest BCUT2D eigenvalue weighted by Crippen LogP contribution is 2.24. The molecule has 0 unspecified atom stereocenters. The highest BCUT2D eigenvalue weighted by molar-refractivity contribution is 7.89. The van der Waals surface area contributed by atoms with E-state index in [2.05, 4.69) is 40.1 Å². The third-order valence-corrected chi connectivity index (χ3v) is 8.52. The Morgan fingerprint density at radius 2 is 1.85 bits per heavy atom. The molecule has 2 saturated carbocycles. The van der Waals surface area contributed by atoms with Crippen molar-refractivity contribution in [1.82, 2.24) is 34.3 Å². The predicted octanol–water partition coefficient (Wildman–Crippen LogP) is 0.0304. The number of nitriles is 1. The van der Waals surface area contributed by atoms with Crippen LogP contribution in [0.25, 0.3) is 11.7 Å². The first-order valence-corrected chi connectivity index (χ1v) is 14.4. The Kier molecular flexibility index (Phi) is 6.56. The van der Waals surface area contributed by atoms with Crippen LogP contribution in [-0.4, -0.2) is 61.2 Å². The Balaban J connectivity index is 1.21. The van der Waals surface area contributed by atoms with Crippen LogP contribution in [0.5, 0.6) is 5.88 Å². The second-order valence-electron chi connectivity index (χ2n) is 9.95. The molecule has 14 nitrogen and oxygen atoms in total. The van der Waals surface area contributed by atoms with E-state index in [9.17, 15) is 23.6 Å². The van der Waals surface area contributed by atoms with E-state index >= 15 is 0 Å². The minimum atomic E-state index is -3.83. The largest absolute Gasteiger partial charge is 0.493 e. The minimum absolute atomic E-state index is 0.00352. The van der Waals surface area contributed by atoms with Gasteiger partial charge in [0.1, 0.15) is 11.8 Å². The molecular formula is C25H26N10O4S. The van der Waals surface area contributed by atoms with Gasteiger partial charge in [-0.25, -0.2) is 22.9 Å². The van der Waals surface area contributed by atoms with Crippen molar-refractivity contribution in [3.63, 3.8) is 0 Å². The van der Waals surface area contributed by atoms with Gasteiger partial charge in [0.25, 0.3) is 5.62 Å². The lowest BCUT2D eigenvalue weighted by Crippen LogP contribution is -2.40. The van der Waals surface area contributed by atoms with Gasteiger partial charge in [-0.1, -0.05) is 12.1 Å². The molecule has 15 heteroatoms. The van der Waals surface area contributed by atoms with Gasteiger partial charge in [-0.15, -0.1) is 0 Å². The molecule has 4 aromatic rings. The van der Waals surface area contributed by atoms with E-state index in [1.165, 1.54) is 16.6 Å². The summed E-state index contributed by atoms with van der Waals surface area (Å²) in [5.41, 5.74) is 0.635. The summed E-state index contributed by atoms with van der Waals surface area (Å²) in [6, 6.07) is 8.01. The molecule has 0 amide bonds. The number of nitrogens with zero attached hydrogens (tertiary/aromatic N) is 6. The summed E-state index contributed by atoms with van der Waals surface area (Å²) < 4.78 is 30.1. The molecular weight excluding hydrogens is 536 g/mol. The molecule has 0 aliphatic heterocycles. The molecule has 0 radical (unpaired) electrons. The van der Waals surface area contributed by atoms with Crippen molar-refractivity contribution < 1.29 is 13.5 Å². The van der Waals surface area contributed by atoms with Crippen LogP contribution in [0.2, 0.25) is 0 Å². The number of hydrogen-bond donors (Lipinski definition) is 5. The Labute approximate surface area is 227 Å². The lowest BCUT2D eigenvalue weighted by Gasteiger charge is -2.29. The average molecular weight is 563 g/mol. The van der Waals surface area contributed by atoms with E-state index in [1.54, 1.807) is 24.4 Å². The molecule has 3 heterocycles. The first kappa shape index (κ1) is 25.7. The lowest BCUT2D eigenvalue weighted by molar-refractivity contribution is 0.386. The van der Waals surface area contributed by atoms with E-state index in [-0.39, 0.29) is 40.2 Å². The van der Waals surface area contributed by atoms with Crippen LogP contribution < -0.4 is 26.6 Å². The molecule has 0 saturated heterocycles. The van der Waals surface area contributed by atoms with Gasteiger partial charge in [0.2, 0.25) is 21.9 Å². The number of benzene rings is 1. The molecule has 2 aliphatic rings. The number of aromatic hydroxyl groups is 1. The fraction of sp³-hybridized carbons (Fsp3) is 0.360. The summed E-state index contributed by atoms with van der Waals surface area (Å²) in [7, 11) is -3.83. The maximum atomic E-state index is 12.9. The fourth-order valence-corrected chi connectivity index (χ4v) is 6.22. The molecule has 1 aromatic carbocycles. The van der Waals surface area contributed by atoms with Crippen molar-refractivity contribution in [1.29, 1.82) is 5.26 Å². The second-order valence-corrected chi connectivity index (χ2v) is 11.6. The first-order chi connectivity index (χ1) is 19.3. The molecule has 5 N–H and O–H groups in total. The normalized spacial score (nSPS) is 20.6. The predicted molar refractivity (Wildman–Crippen MR) is 142 cm³/mol. The lowest BCUT2D eigenvalue weighted by atomic mass is 9.92. The van der Waals surface area contributed by atoms with Crippen LogP contribution in [0.3, 0.4) is 0 Å². The van der Waals surface area contributed by atoms with E-state index in [1.807, 2.05) is 6.07 Å². The van der Waals surface area contributed by atoms with Crippen LogP contribution in [0.4, 0.5) is 5.95 Å². The Hall–Kier alpha value is -4.55. The fourth-order valence-electron chi connectivity index (χ4n) is 4.76. The average Bonchev–Trinajstić information content (AvgIpc) is 3.57. The molecule has 2 fully saturated rings. The van der Waals surface area contributed by atoms with Gasteiger partial charge < -0.3 is 15.4 Å². The van der Waals surface area contributed by atoms with Gasteiger partial charge in [-0.05, 0) is 56.7 Å². The number of aromatic amines is 2. The Morgan fingerprint density at radius 1 is 1.10 bits per heavy atom. The van der Waals surface area contributed by atoms with E-state index in [0.29, 0.717) is 48.1 Å². The number of hydrogen-bond acceptors (Lipinski definition) is 10. The zero-order valence-corrected chi connectivity index (χ0v) is 22.0. The first-order valence-electron chi connectivity index (χ1n) is 12.9. The van der Waals surface area contributed by atoms with Crippen molar-refractivity contribution in [3.05, 3.63) is 63.0 Å². The maximum absolute atomic E-state index is 12.9. The highest BCUT2D eigenvalue weighted by Gasteiger charge is 2.28. The van der Waals surface area contributed by atoms with Gasteiger partial charge in [0.05, 0.1) is 22.7 Å². The van der Waals surface area contributed by atoms with Gasteiger partial charge >= 0.3 is 5.69 Å². The van der Waals surface area contributed by atoms with Crippen molar-refractivity contribution in [2.24, 2.45) is 4.99 Å². The SMILES string of the molecule is N#Cc1ccccc1S(=O)(=O)NC1CCC(Nc2nc(=NC3CC3)n3nc/c(=C/c4[nH]c(=O)[nH]c4O)c3n2)CC1. The molecule has 0 bridgehead atoms. The molecule has 2 aliphatic carbocycles. The standard InChI is InChI=1S/C25H26N10O4S/c26-12-14-3-1-2-4-20(14)40(38,39)34-18-9-7-16(8-10-18)28-23-31-21-15(11-19-22(36)32-25(37)30-19)13-27-35(21)24(33-23)29-17-5-6-17/h1-4,11,13,16-18,34,36H,5-10H2,(H,28,29,33)(H2,30,32,37)/b15-11-. The Morgan fingerprint density at radius 3 is 2.55 bits per heavy atom. The van der Waals surface area contributed by atoms with Crippen molar-refractivity contribution in [2.75, 3.05) is 5.32 Å². The molecule has 0 atom stereocenters. The summed E-state index contributed by atoms with van der Waals surface area (Å²) in [4.78, 5) is 30.2. The van der Waals surface area contributed by atoms with Gasteiger partial charge in [0.15, 0.2) is 5.65 Å². The van der Waals surface area contributed by atoms with E-state index in [4.69, 9.17) is 0 Å². The van der Waals surface area contributed by atoms with Crippen LogP contribution in [0, 0.1) is 11.3 Å². The molecule has 206 valence electrons. The van der Waals surface area contributed by atoms with Crippen LogP contribution in [-0.2, 0) is 10.0 Å². The summed E-state index contributed by atoms with van der Waals surface area (Å²) >= 11 is 0. The topological polar surface area (TPSA) is 206 Å². The third-order valence-electron chi connectivity index (χ3n) is 6.94. The quantitative estimate of drug-likeness (QED) is 0.206. The number of rotatable bonds is 7. The number of fused-ring (bicyclic) bond motifs is 1. The highest BCUT2D eigenvalue weighted by atomic mass is 32.2. The number of anilines is 1. The zero-order valence-electron chi connectivity index (χ0n) is 21.2. The number of sulfonamides is 1. The van der Waals surface area contributed by atoms with Crippen molar-refractivity contribution in [2.45, 2.75) is 61.5 Å². The molecule has 6 rings (SSSR count). The van der Waals surface area contributed by atoms with Crippen LogP contribution in [0.1, 0.15) is 49.8 Å². The summed E-state index contributed by atoms with van der Waals surface area (Å²) in [6.07, 6.45) is 7.62. The van der Waals surface area contributed by atoms with Gasteiger partial charge in [0, 0.05) is 17.3 Å². The molecule has 3 aromatic heterocycles. The third kappa shape index (κ3) is 5.31. The monoisotopic (exact) mass is 562 g/mol. The van der Waals surface area contributed by atoms with Gasteiger partial charge in [-0.2, -0.15) is 24.8 Å². The van der Waals surface area contributed by atoms with E-state index in [0.717, 1.165) is 12.8 Å². The number of imidazole rings is 1. The number of aromatic nitrogens is 6. The Bertz CT molecular complexity index is 1910.